The van der Waals surface area contributed by atoms with Crippen molar-refractivity contribution in [1.29, 1.82) is 0 Å². The second-order valence-electron chi connectivity index (χ2n) is 7.64. The van der Waals surface area contributed by atoms with E-state index < -0.39 is 29.0 Å². The molecule has 182 valence electrons. The number of ether oxygens (including phenoxy) is 1. The Labute approximate surface area is 195 Å². The molecular weight excluding hydrogens is 475 g/mol. The molecule has 0 bridgehead atoms. The summed E-state index contributed by atoms with van der Waals surface area (Å²) in [6, 6.07) is 7.98. The van der Waals surface area contributed by atoms with Crippen molar-refractivity contribution in [3.8, 4) is 11.6 Å². The summed E-state index contributed by atoms with van der Waals surface area (Å²) in [6.45, 7) is -0.115. The summed E-state index contributed by atoms with van der Waals surface area (Å²) in [5, 5.41) is 22.2. The number of hydrogen-bond acceptors (Lipinski definition) is 7. The van der Waals surface area contributed by atoms with Gasteiger partial charge >= 0.3 is 6.18 Å². The summed E-state index contributed by atoms with van der Waals surface area (Å²) in [5.41, 5.74) is -2.18. The van der Waals surface area contributed by atoms with E-state index >= 15 is 0 Å². The van der Waals surface area contributed by atoms with Gasteiger partial charge in [0.1, 0.15) is 29.3 Å². The number of tetrazole rings is 1. The molecule has 0 saturated heterocycles. The van der Waals surface area contributed by atoms with Crippen LogP contribution in [0.4, 0.5) is 22.0 Å². The van der Waals surface area contributed by atoms with Crippen molar-refractivity contribution in [1.82, 2.24) is 30.2 Å². The van der Waals surface area contributed by atoms with Gasteiger partial charge in [-0.2, -0.15) is 13.2 Å². The molecule has 0 aliphatic rings. The minimum absolute atomic E-state index is 0.0108. The van der Waals surface area contributed by atoms with E-state index in [1.807, 2.05) is 0 Å². The Morgan fingerprint density at radius 1 is 0.971 bits per heavy atom. The maximum absolute atomic E-state index is 14.1. The smallest absolute Gasteiger partial charge is 0.417 e. The van der Waals surface area contributed by atoms with Crippen LogP contribution in [-0.2, 0) is 24.7 Å². The molecule has 1 aromatic carbocycles. The van der Waals surface area contributed by atoms with Gasteiger partial charge in [-0.15, -0.1) is 5.10 Å². The minimum Gasteiger partial charge on any atom is -0.437 e. The molecule has 35 heavy (non-hydrogen) atoms. The van der Waals surface area contributed by atoms with Crippen molar-refractivity contribution in [3.05, 3.63) is 89.6 Å². The van der Waals surface area contributed by atoms with E-state index in [9.17, 15) is 27.1 Å². The molecule has 1 atom stereocenters. The van der Waals surface area contributed by atoms with E-state index in [4.69, 9.17) is 4.74 Å². The molecule has 4 rings (SSSR count). The molecule has 13 heteroatoms. The average molecular weight is 492 g/mol. The van der Waals surface area contributed by atoms with Crippen LogP contribution < -0.4 is 4.74 Å². The van der Waals surface area contributed by atoms with E-state index in [-0.39, 0.29) is 42.3 Å². The van der Waals surface area contributed by atoms with Gasteiger partial charge in [0, 0.05) is 18.3 Å². The van der Waals surface area contributed by atoms with Crippen molar-refractivity contribution < 1.29 is 31.8 Å². The summed E-state index contributed by atoms with van der Waals surface area (Å²) < 4.78 is 72.1. The van der Waals surface area contributed by atoms with Crippen molar-refractivity contribution in [2.24, 2.45) is 0 Å². The lowest BCUT2D eigenvalue weighted by Crippen LogP contribution is -2.33. The van der Waals surface area contributed by atoms with Crippen molar-refractivity contribution in [2.75, 3.05) is 0 Å². The van der Waals surface area contributed by atoms with Crippen molar-refractivity contribution >= 4 is 0 Å². The van der Waals surface area contributed by atoms with Crippen molar-refractivity contribution in [3.63, 3.8) is 0 Å². The number of pyridine rings is 2. The number of nitrogens with zero attached hydrogens (tertiary/aromatic N) is 6. The van der Waals surface area contributed by atoms with Gasteiger partial charge in [-0.3, -0.25) is 4.98 Å². The van der Waals surface area contributed by atoms with Crippen LogP contribution in [0.5, 0.6) is 11.6 Å². The fourth-order valence-electron chi connectivity index (χ4n) is 3.32. The van der Waals surface area contributed by atoms with Gasteiger partial charge in [-0.05, 0) is 53.1 Å². The quantitative estimate of drug-likeness (QED) is 0.370. The molecule has 0 saturated carbocycles. The highest BCUT2D eigenvalue weighted by Crippen LogP contribution is 2.31. The molecule has 1 unspecified atom stereocenters. The number of aryl methyl sites for hydroxylation is 1. The molecule has 0 fully saturated rings. The lowest BCUT2D eigenvalue weighted by atomic mass is 9.90. The van der Waals surface area contributed by atoms with E-state index in [0.29, 0.717) is 6.20 Å². The Hall–Kier alpha value is -4.00. The molecule has 1 N–H and O–H groups in total. The summed E-state index contributed by atoms with van der Waals surface area (Å²) in [4.78, 5) is 7.85. The monoisotopic (exact) mass is 492 g/mol. The molecule has 3 aromatic heterocycles. The van der Waals surface area contributed by atoms with Crippen LogP contribution in [0.15, 0.2) is 61.2 Å². The molecule has 0 aliphatic heterocycles. The van der Waals surface area contributed by atoms with Gasteiger partial charge in [0.25, 0.3) is 0 Å². The van der Waals surface area contributed by atoms with Crippen LogP contribution in [0.1, 0.15) is 23.2 Å². The van der Waals surface area contributed by atoms with E-state index in [2.05, 4.69) is 25.5 Å². The number of halogens is 5. The van der Waals surface area contributed by atoms with Gasteiger partial charge in [-0.25, -0.2) is 18.4 Å². The second kappa shape index (κ2) is 9.70. The third-order valence-electron chi connectivity index (χ3n) is 5.14. The van der Waals surface area contributed by atoms with Crippen LogP contribution >= 0.6 is 0 Å². The Morgan fingerprint density at radius 2 is 1.80 bits per heavy atom. The Bertz CT molecular complexity index is 1270. The van der Waals surface area contributed by atoms with Gasteiger partial charge in [0.2, 0.25) is 5.88 Å². The molecule has 0 aliphatic carbocycles. The summed E-state index contributed by atoms with van der Waals surface area (Å²) >= 11 is 0. The lowest BCUT2D eigenvalue weighted by molar-refractivity contribution is -0.137. The molecule has 0 amide bonds. The third-order valence-corrected chi connectivity index (χ3v) is 5.14. The predicted molar refractivity (Wildman–Crippen MR) is 110 cm³/mol. The lowest BCUT2D eigenvalue weighted by Gasteiger charge is -2.27. The molecule has 3 heterocycles. The summed E-state index contributed by atoms with van der Waals surface area (Å²) in [6.07, 6.45) is -1.27. The topological polar surface area (TPSA) is 98.8 Å². The van der Waals surface area contributed by atoms with Crippen LogP contribution in [0.3, 0.4) is 0 Å². The maximum Gasteiger partial charge on any atom is 0.417 e. The van der Waals surface area contributed by atoms with Crippen LogP contribution in [0.2, 0.25) is 0 Å². The van der Waals surface area contributed by atoms with E-state index in [0.717, 1.165) is 24.3 Å². The number of aliphatic hydroxyl groups is 1. The summed E-state index contributed by atoms with van der Waals surface area (Å²) in [7, 11) is 0. The van der Waals surface area contributed by atoms with Crippen LogP contribution in [0, 0.1) is 11.6 Å². The fourth-order valence-corrected chi connectivity index (χ4v) is 3.32. The Balaban J connectivity index is 1.53. The highest BCUT2D eigenvalue weighted by molar-refractivity contribution is 5.29. The molecule has 0 spiro atoms. The Morgan fingerprint density at radius 3 is 2.40 bits per heavy atom. The zero-order valence-corrected chi connectivity index (χ0v) is 17.8. The number of benzene rings is 1. The molecule has 0 radical (unpaired) electrons. The first kappa shape index (κ1) is 24.1. The highest BCUT2D eigenvalue weighted by Gasteiger charge is 2.33. The number of hydrogen-bond donors (Lipinski definition) is 1. The first-order valence-electron chi connectivity index (χ1n) is 10.2. The molecular formula is C22H17F5N6O2. The van der Waals surface area contributed by atoms with Gasteiger partial charge in [0.05, 0.1) is 24.0 Å². The molecule has 4 aromatic rings. The maximum atomic E-state index is 14.1. The summed E-state index contributed by atoms with van der Waals surface area (Å²) in [5.74, 6) is -1.37. The van der Waals surface area contributed by atoms with Gasteiger partial charge in [-0.1, -0.05) is 6.07 Å². The second-order valence-corrected chi connectivity index (χ2v) is 7.64. The predicted octanol–water partition coefficient (Wildman–Crippen LogP) is 4.07. The van der Waals surface area contributed by atoms with Crippen LogP contribution in [-0.4, -0.2) is 35.3 Å². The minimum atomic E-state index is -4.52. The molecule has 8 nitrogen and oxygen atoms in total. The Kier molecular flexibility index (Phi) is 6.69. The first-order chi connectivity index (χ1) is 16.6. The van der Waals surface area contributed by atoms with Crippen molar-refractivity contribution in [2.45, 2.75) is 31.2 Å². The standard InChI is InChI=1S/C22H17F5N6O2/c23-16-3-1-14(18(24)9-16)7-8-21(34,12-33-13-30-31-32-33)19-5-4-17(11-28-19)35-20-6-2-15(10-29-20)22(25,26)27/h1-6,9-11,13,34H,7-8,12H2. The number of aromatic nitrogens is 6. The average Bonchev–Trinajstić information content (AvgIpc) is 3.31. The SMILES string of the molecule is OC(CCc1ccc(F)cc1F)(Cn1cnnn1)c1ccc(Oc2ccc(C(F)(F)F)cn2)cn1. The fraction of sp³-hybridized carbons (Fsp3) is 0.227. The third kappa shape index (κ3) is 5.93. The van der Waals surface area contributed by atoms with Gasteiger partial charge in [0.15, 0.2) is 0 Å². The normalized spacial score (nSPS) is 13.4. The van der Waals surface area contributed by atoms with Crippen LogP contribution in [0.25, 0.3) is 0 Å². The number of alkyl halides is 3. The largest absolute Gasteiger partial charge is 0.437 e. The highest BCUT2D eigenvalue weighted by atomic mass is 19.4. The van der Waals surface area contributed by atoms with E-state index in [1.165, 1.54) is 35.4 Å². The zero-order valence-electron chi connectivity index (χ0n) is 17.8. The van der Waals surface area contributed by atoms with E-state index in [1.54, 1.807) is 0 Å². The zero-order chi connectivity index (χ0) is 25.1. The van der Waals surface area contributed by atoms with Gasteiger partial charge < -0.3 is 9.84 Å². The number of rotatable bonds is 8. The first-order valence-corrected chi connectivity index (χ1v) is 10.2.